The lowest BCUT2D eigenvalue weighted by Gasteiger charge is -2.60. The van der Waals surface area contributed by atoms with E-state index in [1.807, 2.05) is 0 Å². The van der Waals surface area contributed by atoms with E-state index in [2.05, 4.69) is 40.7 Å². The summed E-state index contributed by atoms with van der Waals surface area (Å²) in [7, 11) is 0. The molecule has 1 aliphatic heterocycles. The van der Waals surface area contributed by atoms with Crippen molar-refractivity contribution in [3.63, 3.8) is 0 Å². The van der Waals surface area contributed by atoms with Crippen molar-refractivity contribution < 1.29 is 34.7 Å². The van der Waals surface area contributed by atoms with E-state index in [1.54, 1.807) is 13.8 Å². The Morgan fingerprint density at radius 2 is 1.82 bits per heavy atom. The number of esters is 1. The minimum Gasteiger partial charge on any atom is -0.457 e. The molecule has 0 radical (unpaired) electrons. The zero-order valence-corrected chi connectivity index (χ0v) is 25.1. The first kappa shape index (κ1) is 28.1. The average Bonchev–Trinajstić information content (AvgIpc) is 3.45. The second-order valence-electron chi connectivity index (χ2n) is 16.0. The van der Waals surface area contributed by atoms with Crippen molar-refractivity contribution in [3.05, 3.63) is 11.6 Å². The molecule has 0 aromatic heterocycles. The second kappa shape index (κ2) is 7.89. The minimum atomic E-state index is -1.83. The number of allylic oxidation sites excluding steroid dienone is 1. The van der Waals surface area contributed by atoms with Gasteiger partial charge in [-0.3, -0.25) is 4.79 Å². The predicted molar refractivity (Wildman–Crippen MR) is 145 cm³/mol. The SMILES string of the molecule is CC(=O)O[C@H]([C@H]1C[C@@H](C)[C@H]2[C@@](O)(O1)[C@H](O)[C@@]1(C)C3=CC[C@H]4C(C)(C)[C@@H](O)CC[C@@]45C[C@@]35CC[C@]21C)C(C)(C)O. The van der Waals surface area contributed by atoms with Gasteiger partial charge in [0.05, 0.1) is 11.7 Å². The van der Waals surface area contributed by atoms with Gasteiger partial charge < -0.3 is 29.9 Å². The zero-order chi connectivity index (χ0) is 28.8. The average molecular weight is 547 g/mol. The Morgan fingerprint density at radius 3 is 2.44 bits per heavy atom. The molecule has 5 aliphatic carbocycles. The highest BCUT2D eigenvalue weighted by atomic mass is 16.7. The Morgan fingerprint density at radius 1 is 1.15 bits per heavy atom. The first-order chi connectivity index (χ1) is 17.8. The van der Waals surface area contributed by atoms with Gasteiger partial charge in [0.2, 0.25) is 0 Å². The van der Waals surface area contributed by atoms with E-state index < -0.39 is 46.5 Å². The monoisotopic (exact) mass is 546 g/mol. The van der Waals surface area contributed by atoms with E-state index in [9.17, 15) is 25.2 Å². The van der Waals surface area contributed by atoms with Crippen LogP contribution in [0.3, 0.4) is 0 Å². The van der Waals surface area contributed by atoms with Crippen LogP contribution >= 0.6 is 0 Å². The van der Waals surface area contributed by atoms with Crippen molar-refractivity contribution in [1.29, 1.82) is 0 Å². The van der Waals surface area contributed by atoms with E-state index in [-0.39, 0.29) is 34.2 Å². The Bertz CT molecular complexity index is 1110. The van der Waals surface area contributed by atoms with Gasteiger partial charge in [-0.25, -0.2) is 0 Å². The third-order valence-corrected chi connectivity index (χ3v) is 13.5. The van der Waals surface area contributed by atoms with Crippen LogP contribution in [0.4, 0.5) is 0 Å². The summed E-state index contributed by atoms with van der Waals surface area (Å²) < 4.78 is 12.0. The molecule has 1 saturated heterocycles. The highest BCUT2D eigenvalue weighted by Gasteiger charge is 2.85. The quantitative estimate of drug-likeness (QED) is 0.311. The zero-order valence-electron chi connectivity index (χ0n) is 25.1. The Balaban J connectivity index is 1.42. The van der Waals surface area contributed by atoms with Gasteiger partial charge in [0.15, 0.2) is 11.9 Å². The van der Waals surface area contributed by atoms with E-state index in [0.29, 0.717) is 12.3 Å². The minimum absolute atomic E-state index is 0.00241. The molecule has 12 atom stereocenters. The number of ether oxygens (including phenoxy) is 2. The van der Waals surface area contributed by atoms with Crippen molar-refractivity contribution in [2.24, 2.45) is 44.8 Å². The molecule has 7 nitrogen and oxygen atoms in total. The highest BCUT2D eigenvalue weighted by Crippen LogP contribution is 2.88. The molecule has 6 aliphatic rings. The molecule has 5 fully saturated rings. The van der Waals surface area contributed by atoms with Gasteiger partial charge in [0.1, 0.15) is 12.2 Å². The fraction of sp³-hybridized carbons (Fsp3) is 0.906. The Hall–Kier alpha value is -0.990. The number of fused-ring (bicyclic) bond motifs is 4. The number of rotatable bonds is 3. The number of carbonyl (C=O) groups is 1. The van der Waals surface area contributed by atoms with Crippen LogP contribution in [0.1, 0.15) is 100 Å². The van der Waals surface area contributed by atoms with Crippen molar-refractivity contribution in [3.8, 4) is 0 Å². The summed E-state index contributed by atoms with van der Waals surface area (Å²) in [6.07, 6.45) is 5.44. The third-order valence-electron chi connectivity index (χ3n) is 13.5. The molecule has 4 saturated carbocycles. The van der Waals surface area contributed by atoms with Gasteiger partial charge >= 0.3 is 5.97 Å². The lowest BCUT2D eigenvalue weighted by atomic mass is 9.44. The molecule has 0 aromatic rings. The van der Waals surface area contributed by atoms with Crippen molar-refractivity contribution in [2.45, 2.75) is 136 Å². The second-order valence-corrected chi connectivity index (χ2v) is 16.0. The maximum Gasteiger partial charge on any atom is 0.303 e. The summed E-state index contributed by atoms with van der Waals surface area (Å²) in [5, 5.41) is 46.5. The van der Waals surface area contributed by atoms with Crippen LogP contribution in [0.5, 0.6) is 0 Å². The lowest BCUT2D eigenvalue weighted by Crippen LogP contribution is -2.61. The van der Waals surface area contributed by atoms with Crippen LogP contribution < -0.4 is 0 Å². The lowest BCUT2D eigenvalue weighted by molar-refractivity contribution is -0.341. The maximum absolute atomic E-state index is 12.4. The summed E-state index contributed by atoms with van der Waals surface area (Å²) in [6, 6.07) is 0. The molecule has 0 amide bonds. The van der Waals surface area contributed by atoms with Gasteiger partial charge in [-0.2, -0.15) is 0 Å². The number of hydrogen-bond donors (Lipinski definition) is 4. The number of aliphatic hydroxyl groups excluding tert-OH is 2. The first-order valence-electron chi connectivity index (χ1n) is 15.2. The molecule has 39 heavy (non-hydrogen) atoms. The molecule has 220 valence electrons. The molecule has 0 bridgehead atoms. The predicted octanol–water partition coefficient (Wildman–Crippen LogP) is 4.10. The van der Waals surface area contributed by atoms with E-state index in [1.165, 1.54) is 12.5 Å². The van der Waals surface area contributed by atoms with Gasteiger partial charge in [0.25, 0.3) is 0 Å². The number of carbonyl (C=O) groups excluding carboxylic acids is 1. The molecule has 0 unspecified atom stereocenters. The van der Waals surface area contributed by atoms with Gasteiger partial charge in [0, 0.05) is 18.3 Å². The normalized spacial score (nSPS) is 54.2. The molecule has 4 N–H and O–H groups in total. The number of hydrogen-bond acceptors (Lipinski definition) is 7. The van der Waals surface area contributed by atoms with Crippen LogP contribution in [0.2, 0.25) is 0 Å². The van der Waals surface area contributed by atoms with Gasteiger partial charge in [-0.05, 0) is 92.3 Å². The molecule has 0 aromatic carbocycles. The van der Waals surface area contributed by atoms with Crippen LogP contribution in [-0.2, 0) is 14.3 Å². The molecular formula is C32H50O7. The van der Waals surface area contributed by atoms with Crippen LogP contribution in [0.25, 0.3) is 0 Å². The van der Waals surface area contributed by atoms with E-state index in [0.717, 1.165) is 38.5 Å². The summed E-state index contributed by atoms with van der Waals surface area (Å²) in [6.45, 7) is 15.4. The van der Waals surface area contributed by atoms with Crippen molar-refractivity contribution >= 4 is 5.97 Å². The maximum atomic E-state index is 12.4. The van der Waals surface area contributed by atoms with Gasteiger partial charge in [-0.1, -0.05) is 46.3 Å². The summed E-state index contributed by atoms with van der Waals surface area (Å²) in [4.78, 5) is 12.0. The standard InChI is InChI=1S/C32H50O7/c1-17-15-19(24(27(5,6)36)38-18(2)33)39-32(37)23(17)28(7)13-14-31-16-30(31)12-11-22(34)26(3,4)20(30)9-10-21(31)29(28,8)25(32)35/h10,17,19-20,22-25,34-37H,9,11-16H2,1-8H3/t17-,19-,20+,22+,23-,24-,25-,28-,29-,30-,31+,32-/m1/s1. The summed E-state index contributed by atoms with van der Waals surface area (Å²) >= 11 is 0. The molecule has 6 rings (SSSR count). The Kier molecular flexibility index (Phi) is 5.69. The van der Waals surface area contributed by atoms with E-state index >= 15 is 0 Å². The first-order valence-corrected chi connectivity index (χ1v) is 15.2. The van der Waals surface area contributed by atoms with E-state index in [4.69, 9.17) is 9.47 Å². The largest absolute Gasteiger partial charge is 0.457 e. The molecule has 7 heteroatoms. The third kappa shape index (κ3) is 3.15. The van der Waals surface area contributed by atoms with Crippen molar-refractivity contribution in [1.82, 2.24) is 0 Å². The smallest absolute Gasteiger partial charge is 0.303 e. The Labute approximate surface area is 233 Å². The van der Waals surface area contributed by atoms with Crippen LogP contribution in [0, 0.1) is 44.8 Å². The summed E-state index contributed by atoms with van der Waals surface area (Å²) in [5.74, 6) is -2.28. The van der Waals surface area contributed by atoms with Crippen molar-refractivity contribution in [2.75, 3.05) is 0 Å². The number of aliphatic hydroxyl groups is 4. The molecular weight excluding hydrogens is 496 g/mol. The van der Waals surface area contributed by atoms with Crippen LogP contribution in [0.15, 0.2) is 11.6 Å². The molecule has 2 spiro atoms. The highest BCUT2D eigenvalue weighted by molar-refractivity contribution is 5.66. The molecule has 1 heterocycles. The van der Waals surface area contributed by atoms with Crippen LogP contribution in [-0.4, -0.2) is 62.2 Å². The van der Waals surface area contributed by atoms with Gasteiger partial charge in [-0.15, -0.1) is 0 Å². The summed E-state index contributed by atoms with van der Waals surface area (Å²) in [5.41, 5.74) is -1.16. The topological polar surface area (TPSA) is 116 Å². The fourth-order valence-corrected chi connectivity index (χ4v) is 11.7. The fourth-order valence-electron chi connectivity index (χ4n) is 11.7.